The molecule has 0 saturated heterocycles. The first-order chi connectivity index (χ1) is 15.8. The molecule has 0 bridgehead atoms. The van der Waals surface area contributed by atoms with Gasteiger partial charge in [-0.3, -0.25) is 9.10 Å². The molecule has 7 nitrogen and oxygen atoms in total. The van der Waals surface area contributed by atoms with Crippen LogP contribution >= 0.6 is 11.6 Å². The van der Waals surface area contributed by atoms with Gasteiger partial charge < -0.3 is 10.1 Å². The fourth-order valence-electron chi connectivity index (χ4n) is 3.10. The number of rotatable bonds is 9. The Morgan fingerprint density at radius 2 is 1.67 bits per heavy atom. The standard InChI is InChI=1S/C24H23ClN2O5S/c1-2-27(20-11-4-3-5-12-20)33(30,31)21-13-8-10-18(15-21)24(29)32-17-23(28)26-16-19-9-6-7-14-22(19)25/h3-15H,2,16-17H2,1H3,(H,26,28). The van der Waals surface area contributed by atoms with Crippen LogP contribution < -0.4 is 9.62 Å². The Balaban J connectivity index is 1.65. The molecule has 0 unspecified atom stereocenters. The molecule has 0 heterocycles. The van der Waals surface area contributed by atoms with Gasteiger partial charge in [0, 0.05) is 18.1 Å². The highest BCUT2D eigenvalue weighted by Gasteiger charge is 2.24. The molecule has 0 radical (unpaired) electrons. The molecule has 9 heteroatoms. The second-order valence-electron chi connectivity index (χ2n) is 6.98. The number of sulfonamides is 1. The van der Waals surface area contributed by atoms with Gasteiger partial charge in [-0.05, 0) is 48.9 Å². The fourth-order valence-corrected chi connectivity index (χ4v) is 4.82. The summed E-state index contributed by atoms with van der Waals surface area (Å²) in [6, 6.07) is 21.3. The predicted molar refractivity (Wildman–Crippen MR) is 127 cm³/mol. The Morgan fingerprint density at radius 3 is 2.36 bits per heavy atom. The molecule has 0 aliphatic carbocycles. The number of carbonyl (C=O) groups is 2. The third kappa shape index (κ3) is 6.12. The van der Waals surface area contributed by atoms with Crippen LogP contribution in [0.25, 0.3) is 0 Å². The van der Waals surface area contributed by atoms with E-state index in [1.807, 2.05) is 0 Å². The largest absolute Gasteiger partial charge is 0.452 e. The molecular formula is C24H23ClN2O5S. The summed E-state index contributed by atoms with van der Waals surface area (Å²) >= 11 is 6.05. The van der Waals surface area contributed by atoms with E-state index in [2.05, 4.69) is 5.32 Å². The highest BCUT2D eigenvalue weighted by atomic mass is 35.5. The van der Waals surface area contributed by atoms with Gasteiger partial charge in [0.15, 0.2) is 6.61 Å². The van der Waals surface area contributed by atoms with Gasteiger partial charge in [0.25, 0.3) is 15.9 Å². The van der Waals surface area contributed by atoms with Gasteiger partial charge in [0.1, 0.15) is 0 Å². The number of benzene rings is 3. The van der Waals surface area contributed by atoms with Crippen LogP contribution in [0.4, 0.5) is 5.69 Å². The fraction of sp³-hybridized carbons (Fsp3) is 0.167. The minimum Gasteiger partial charge on any atom is -0.452 e. The van der Waals surface area contributed by atoms with Crippen molar-refractivity contribution in [3.63, 3.8) is 0 Å². The Bertz CT molecular complexity index is 1230. The number of esters is 1. The highest BCUT2D eigenvalue weighted by molar-refractivity contribution is 7.92. The number of carbonyl (C=O) groups excluding carboxylic acids is 2. The number of hydrogen-bond acceptors (Lipinski definition) is 5. The summed E-state index contributed by atoms with van der Waals surface area (Å²) < 4.78 is 32.6. The Kier molecular flexibility index (Phi) is 8.08. The molecule has 172 valence electrons. The summed E-state index contributed by atoms with van der Waals surface area (Å²) in [6.07, 6.45) is 0. The van der Waals surface area contributed by atoms with Crippen LogP contribution in [0.1, 0.15) is 22.8 Å². The van der Waals surface area contributed by atoms with Crippen LogP contribution in [0, 0.1) is 0 Å². The second kappa shape index (κ2) is 11.0. The number of halogens is 1. The smallest absolute Gasteiger partial charge is 0.338 e. The second-order valence-corrected chi connectivity index (χ2v) is 9.25. The third-order valence-electron chi connectivity index (χ3n) is 4.76. The first-order valence-electron chi connectivity index (χ1n) is 10.2. The minimum absolute atomic E-state index is 0.0269. The molecule has 0 saturated carbocycles. The van der Waals surface area contributed by atoms with Crippen LogP contribution in [-0.2, 0) is 26.1 Å². The molecule has 0 fully saturated rings. The summed E-state index contributed by atoms with van der Waals surface area (Å²) in [5.41, 5.74) is 1.28. The van der Waals surface area contributed by atoms with E-state index in [0.29, 0.717) is 10.7 Å². The van der Waals surface area contributed by atoms with Crippen LogP contribution in [-0.4, -0.2) is 33.4 Å². The number of ether oxygens (including phenoxy) is 1. The van der Waals surface area contributed by atoms with Crippen LogP contribution in [0.3, 0.4) is 0 Å². The molecule has 1 amide bonds. The molecule has 1 N–H and O–H groups in total. The minimum atomic E-state index is -3.90. The zero-order chi connectivity index (χ0) is 23.8. The molecule has 0 aliphatic heterocycles. The van der Waals surface area contributed by atoms with Crippen molar-refractivity contribution in [3.8, 4) is 0 Å². The van der Waals surface area contributed by atoms with Crippen molar-refractivity contribution in [2.75, 3.05) is 17.5 Å². The summed E-state index contributed by atoms with van der Waals surface area (Å²) in [5.74, 6) is -1.31. The van der Waals surface area contributed by atoms with Gasteiger partial charge in [0.2, 0.25) is 0 Å². The lowest BCUT2D eigenvalue weighted by atomic mass is 10.2. The first-order valence-corrected chi connectivity index (χ1v) is 12.0. The Morgan fingerprint density at radius 1 is 0.970 bits per heavy atom. The highest BCUT2D eigenvalue weighted by Crippen LogP contribution is 2.24. The number of nitrogens with one attached hydrogen (secondary N) is 1. The number of nitrogens with zero attached hydrogens (tertiary/aromatic N) is 1. The maximum atomic E-state index is 13.2. The first kappa shape index (κ1) is 24.3. The average Bonchev–Trinajstić information content (AvgIpc) is 2.83. The van der Waals surface area contributed by atoms with Crippen molar-refractivity contribution in [2.24, 2.45) is 0 Å². The SMILES string of the molecule is CCN(c1ccccc1)S(=O)(=O)c1cccc(C(=O)OCC(=O)NCc2ccccc2Cl)c1. The monoisotopic (exact) mass is 486 g/mol. The van der Waals surface area contributed by atoms with Crippen molar-refractivity contribution in [2.45, 2.75) is 18.4 Å². The predicted octanol–water partition coefficient (Wildman–Crippen LogP) is 4.03. The van der Waals surface area contributed by atoms with E-state index in [0.717, 1.165) is 5.56 Å². The quantitative estimate of drug-likeness (QED) is 0.461. The van der Waals surface area contributed by atoms with E-state index in [9.17, 15) is 18.0 Å². The summed E-state index contributed by atoms with van der Waals surface area (Å²) in [5, 5.41) is 3.14. The summed E-state index contributed by atoms with van der Waals surface area (Å²) in [7, 11) is -3.90. The Hall–Kier alpha value is -3.36. The topological polar surface area (TPSA) is 92.8 Å². The number of amides is 1. The Labute approximate surface area is 198 Å². The van der Waals surface area contributed by atoms with Crippen molar-refractivity contribution < 1.29 is 22.7 Å². The maximum absolute atomic E-state index is 13.2. The molecule has 3 rings (SSSR count). The summed E-state index contributed by atoms with van der Waals surface area (Å²) in [6.45, 7) is 1.62. The van der Waals surface area contributed by atoms with Gasteiger partial charge >= 0.3 is 5.97 Å². The van der Waals surface area contributed by atoms with Gasteiger partial charge in [-0.15, -0.1) is 0 Å². The molecule has 3 aromatic rings. The van der Waals surface area contributed by atoms with E-state index in [-0.39, 0.29) is 23.5 Å². The zero-order valence-electron chi connectivity index (χ0n) is 17.9. The molecular weight excluding hydrogens is 464 g/mol. The maximum Gasteiger partial charge on any atom is 0.338 e. The lowest BCUT2D eigenvalue weighted by molar-refractivity contribution is -0.124. The molecule has 0 spiro atoms. The molecule has 0 aliphatic rings. The number of para-hydroxylation sites is 1. The normalized spacial score (nSPS) is 11.0. The lowest BCUT2D eigenvalue weighted by Crippen LogP contribution is -2.31. The van der Waals surface area contributed by atoms with E-state index in [1.54, 1.807) is 61.5 Å². The zero-order valence-corrected chi connectivity index (χ0v) is 19.5. The molecule has 33 heavy (non-hydrogen) atoms. The van der Waals surface area contributed by atoms with Gasteiger partial charge in [0.05, 0.1) is 16.1 Å². The average molecular weight is 487 g/mol. The summed E-state index contributed by atoms with van der Waals surface area (Å²) in [4.78, 5) is 24.4. The van der Waals surface area contributed by atoms with E-state index in [1.165, 1.54) is 28.6 Å². The lowest BCUT2D eigenvalue weighted by Gasteiger charge is -2.23. The van der Waals surface area contributed by atoms with E-state index in [4.69, 9.17) is 16.3 Å². The van der Waals surface area contributed by atoms with Crippen molar-refractivity contribution in [3.05, 3.63) is 95.0 Å². The van der Waals surface area contributed by atoms with Crippen LogP contribution in [0.5, 0.6) is 0 Å². The van der Waals surface area contributed by atoms with E-state index < -0.39 is 28.5 Å². The van der Waals surface area contributed by atoms with Crippen molar-refractivity contribution >= 4 is 39.2 Å². The van der Waals surface area contributed by atoms with Crippen LogP contribution in [0.2, 0.25) is 5.02 Å². The van der Waals surface area contributed by atoms with Gasteiger partial charge in [-0.1, -0.05) is 54.1 Å². The van der Waals surface area contributed by atoms with Crippen molar-refractivity contribution in [1.29, 1.82) is 0 Å². The number of hydrogen-bond donors (Lipinski definition) is 1. The molecule has 0 atom stereocenters. The van der Waals surface area contributed by atoms with Crippen LogP contribution in [0.15, 0.2) is 83.8 Å². The number of anilines is 1. The van der Waals surface area contributed by atoms with E-state index >= 15 is 0 Å². The van der Waals surface area contributed by atoms with Crippen molar-refractivity contribution in [1.82, 2.24) is 5.32 Å². The van der Waals surface area contributed by atoms with Gasteiger partial charge in [-0.2, -0.15) is 0 Å². The molecule has 3 aromatic carbocycles. The molecule has 0 aromatic heterocycles. The van der Waals surface area contributed by atoms with Gasteiger partial charge in [-0.25, -0.2) is 13.2 Å². The third-order valence-corrected chi connectivity index (χ3v) is 7.03.